The summed E-state index contributed by atoms with van der Waals surface area (Å²) in [6, 6.07) is 13.9. The minimum absolute atomic E-state index is 0.930. The third-order valence-electron chi connectivity index (χ3n) is 2.60. The summed E-state index contributed by atoms with van der Waals surface area (Å²) in [5.41, 5.74) is 2.92. The van der Waals surface area contributed by atoms with Gasteiger partial charge in [0, 0.05) is 11.6 Å². The first-order valence-corrected chi connectivity index (χ1v) is 5.46. The third-order valence-corrected chi connectivity index (χ3v) is 2.60. The Bertz CT molecular complexity index is 653. The lowest BCUT2D eigenvalue weighted by molar-refractivity contribution is 1.11. The molecule has 0 saturated carbocycles. The highest BCUT2D eigenvalue weighted by Crippen LogP contribution is 2.16. The first-order chi connectivity index (χ1) is 8.43. The van der Waals surface area contributed by atoms with Gasteiger partial charge in [-0.2, -0.15) is 5.10 Å². The van der Waals surface area contributed by atoms with Gasteiger partial charge in [-0.05, 0) is 30.4 Å². The summed E-state index contributed by atoms with van der Waals surface area (Å²) in [6.45, 7) is 0. The minimum Gasteiger partial charge on any atom is -0.277 e. The van der Waals surface area contributed by atoms with Crippen LogP contribution in [0.4, 0.5) is 0 Å². The van der Waals surface area contributed by atoms with E-state index in [1.807, 2.05) is 48.6 Å². The summed E-state index contributed by atoms with van der Waals surface area (Å²) in [6.07, 6.45) is 5.71. The molecule has 0 aliphatic heterocycles. The van der Waals surface area contributed by atoms with Crippen molar-refractivity contribution in [3.63, 3.8) is 0 Å². The van der Waals surface area contributed by atoms with Crippen LogP contribution in [0.3, 0.4) is 0 Å². The molecule has 3 nitrogen and oxygen atoms in total. The number of H-pyrrole nitrogens is 1. The largest absolute Gasteiger partial charge is 0.277 e. The lowest BCUT2D eigenvalue weighted by atomic mass is 10.2. The summed E-state index contributed by atoms with van der Waals surface area (Å²) in [5, 5.41) is 8.40. The second-order valence-corrected chi connectivity index (χ2v) is 3.74. The zero-order chi connectivity index (χ0) is 11.5. The van der Waals surface area contributed by atoms with Crippen LogP contribution < -0.4 is 0 Å². The molecule has 17 heavy (non-hydrogen) atoms. The lowest BCUT2D eigenvalue weighted by Gasteiger charge is -1.90. The van der Waals surface area contributed by atoms with Gasteiger partial charge in [0.05, 0.1) is 16.9 Å². The molecular formula is C14H11N3. The second-order valence-electron chi connectivity index (χ2n) is 3.74. The minimum atomic E-state index is 0.930. The summed E-state index contributed by atoms with van der Waals surface area (Å²) < 4.78 is 0. The molecule has 3 heteroatoms. The Labute approximate surface area is 98.8 Å². The van der Waals surface area contributed by atoms with Gasteiger partial charge in [-0.15, -0.1) is 0 Å². The van der Waals surface area contributed by atoms with Gasteiger partial charge in [0.1, 0.15) is 0 Å². The quantitative estimate of drug-likeness (QED) is 0.722. The molecule has 3 aromatic rings. The number of fused-ring (bicyclic) bond motifs is 1. The predicted molar refractivity (Wildman–Crippen MR) is 69.3 cm³/mol. The van der Waals surface area contributed by atoms with E-state index < -0.39 is 0 Å². The van der Waals surface area contributed by atoms with Crippen molar-refractivity contribution in [2.75, 3.05) is 0 Å². The molecule has 0 unspecified atom stereocenters. The number of nitrogens with one attached hydrogen (secondary N) is 1. The fourth-order valence-electron chi connectivity index (χ4n) is 1.75. The summed E-state index contributed by atoms with van der Waals surface area (Å²) >= 11 is 0. The average Bonchev–Trinajstić information content (AvgIpc) is 2.81. The van der Waals surface area contributed by atoms with E-state index in [1.54, 1.807) is 6.20 Å². The Morgan fingerprint density at radius 2 is 1.82 bits per heavy atom. The van der Waals surface area contributed by atoms with E-state index in [0.29, 0.717) is 0 Å². The molecule has 0 radical (unpaired) electrons. The molecule has 0 aliphatic rings. The first kappa shape index (κ1) is 9.78. The molecule has 0 amide bonds. The number of benzene rings is 1. The van der Waals surface area contributed by atoms with Crippen LogP contribution in [0.1, 0.15) is 11.4 Å². The Hall–Kier alpha value is -2.42. The standard InChI is InChI=1S/C14H11N3/c1-2-7-13-12(6-1)14(17-16-13)9-8-11-5-3-4-10-15-11/h1-10H,(H,16,17). The summed E-state index contributed by atoms with van der Waals surface area (Å²) in [5.74, 6) is 0. The van der Waals surface area contributed by atoms with Crippen LogP contribution in [-0.4, -0.2) is 15.2 Å². The van der Waals surface area contributed by atoms with Crippen LogP contribution in [0.15, 0.2) is 48.7 Å². The molecular weight excluding hydrogens is 210 g/mol. The number of hydrogen-bond donors (Lipinski definition) is 1. The second kappa shape index (κ2) is 4.22. The van der Waals surface area contributed by atoms with Crippen LogP contribution >= 0.6 is 0 Å². The van der Waals surface area contributed by atoms with Crippen molar-refractivity contribution in [1.29, 1.82) is 0 Å². The molecule has 3 rings (SSSR count). The van der Waals surface area contributed by atoms with E-state index in [0.717, 1.165) is 22.3 Å². The molecule has 0 fully saturated rings. The molecule has 0 bridgehead atoms. The van der Waals surface area contributed by atoms with Gasteiger partial charge in [-0.3, -0.25) is 10.1 Å². The van der Waals surface area contributed by atoms with Crippen LogP contribution in [0.25, 0.3) is 23.1 Å². The molecule has 0 saturated heterocycles. The number of aromatic amines is 1. The Morgan fingerprint density at radius 3 is 2.71 bits per heavy atom. The fraction of sp³-hybridized carbons (Fsp3) is 0. The molecule has 2 aromatic heterocycles. The number of pyridine rings is 1. The maximum atomic E-state index is 4.27. The maximum absolute atomic E-state index is 4.27. The van der Waals surface area contributed by atoms with Crippen LogP contribution in [-0.2, 0) is 0 Å². The van der Waals surface area contributed by atoms with Crippen molar-refractivity contribution in [3.05, 3.63) is 60.0 Å². The van der Waals surface area contributed by atoms with Crippen molar-refractivity contribution in [1.82, 2.24) is 15.2 Å². The van der Waals surface area contributed by atoms with Gasteiger partial charge in [0.2, 0.25) is 0 Å². The number of rotatable bonds is 2. The van der Waals surface area contributed by atoms with E-state index in [4.69, 9.17) is 0 Å². The van der Waals surface area contributed by atoms with Crippen molar-refractivity contribution in [3.8, 4) is 0 Å². The highest BCUT2D eigenvalue weighted by molar-refractivity contribution is 5.88. The van der Waals surface area contributed by atoms with Gasteiger partial charge >= 0.3 is 0 Å². The van der Waals surface area contributed by atoms with Gasteiger partial charge in [-0.25, -0.2) is 0 Å². The van der Waals surface area contributed by atoms with E-state index in [1.165, 1.54) is 0 Å². The number of para-hydroxylation sites is 1. The number of hydrogen-bond acceptors (Lipinski definition) is 2. The monoisotopic (exact) mass is 221 g/mol. The van der Waals surface area contributed by atoms with Crippen LogP contribution in [0.2, 0.25) is 0 Å². The SMILES string of the molecule is C(=Cc1n[nH]c2ccccc12)c1ccccn1. The first-order valence-electron chi connectivity index (χ1n) is 5.46. The maximum Gasteiger partial charge on any atom is 0.0927 e. The smallest absolute Gasteiger partial charge is 0.0927 e. The van der Waals surface area contributed by atoms with Gasteiger partial charge in [0.25, 0.3) is 0 Å². The molecule has 0 spiro atoms. The Morgan fingerprint density at radius 1 is 0.941 bits per heavy atom. The summed E-state index contributed by atoms with van der Waals surface area (Å²) in [4.78, 5) is 4.23. The van der Waals surface area contributed by atoms with Crippen molar-refractivity contribution >= 4 is 23.1 Å². The van der Waals surface area contributed by atoms with Crippen LogP contribution in [0.5, 0.6) is 0 Å². The molecule has 0 atom stereocenters. The zero-order valence-corrected chi connectivity index (χ0v) is 9.17. The Kier molecular flexibility index (Phi) is 2.43. The molecule has 1 N–H and O–H groups in total. The number of nitrogens with zero attached hydrogens (tertiary/aromatic N) is 2. The van der Waals surface area contributed by atoms with E-state index in [2.05, 4.69) is 21.2 Å². The number of aromatic nitrogens is 3. The van der Waals surface area contributed by atoms with E-state index in [-0.39, 0.29) is 0 Å². The molecule has 0 aliphatic carbocycles. The highest BCUT2D eigenvalue weighted by atomic mass is 15.1. The lowest BCUT2D eigenvalue weighted by Crippen LogP contribution is -1.77. The topological polar surface area (TPSA) is 41.6 Å². The van der Waals surface area contributed by atoms with Gasteiger partial charge in [0.15, 0.2) is 0 Å². The van der Waals surface area contributed by atoms with Crippen molar-refractivity contribution < 1.29 is 0 Å². The normalized spacial score (nSPS) is 11.3. The molecule has 2 heterocycles. The Balaban J connectivity index is 1.98. The fourth-order valence-corrected chi connectivity index (χ4v) is 1.75. The summed E-state index contributed by atoms with van der Waals surface area (Å²) in [7, 11) is 0. The molecule has 1 aromatic carbocycles. The van der Waals surface area contributed by atoms with Gasteiger partial charge < -0.3 is 0 Å². The van der Waals surface area contributed by atoms with Crippen LogP contribution in [0, 0.1) is 0 Å². The highest BCUT2D eigenvalue weighted by Gasteiger charge is 2.00. The van der Waals surface area contributed by atoms with Crippen molar-refractivity contribution in [2.45, 2.75) is 0 Å². The van der Waals surface area contributed by atoms with Crippen molar-refractivity contribution in [2.24, 2.45) is 0 Å². The zero-order valence-electron chi connectivity index (χ0n) is 9.17. The molecule has 82 valence electrons. The van der Waals surface area contributed by atoms with Gasteiger partial charge in [-0.1, -0.05) is 24.3 Å². The average molecular weight is 221 g/mol. The van der Waals surface area contributed by atoms with E-state index in [9.17, 15) is 0 Å². The van der Waals surface area contributed by atoms with E-state index >= 15 is 0 Å². The third kappa shape index (κ3) is 1.95. The predicted octanol–water partition coefficient (Wildman–Crippen LogP) is 3.13.